The van der Waals surface area contributed by atoms with E-state index in [-0.39, 0.29) is 5.57 Å². The second kappa shape index (κ2) is 11.0. The zero-order valence-electron chi connectivity index (χ0n) is 17.9. The maximum atomic E-state index is 12.8. The molecule has 0 saturated carbocycles. The SMILES string of the molecule is CCOc1cc(N2CCOCC2)c(OCC)cc1NC(=O)/C(C#N)=C/c1ccccc1. The van der Waals surface area contributed by atoms with Crippen LogP contribution in [0.1, 0.15) is 19.4 Å². The molecule has 1 amide bonds. The van der Waals surface area contributed by atoms with Gasteiger partial charge in [-0.15, -0.1) is 0 Å². The highest BCUT2D eigenvalue weighted by Crippen LogP contribution is 2.39. The van der Waals surface area contributed by atoms with E-state index < -0.39 is 5.91 Å². The number of nitriles is 1. The molecular formula is C24H27N3O4. The van der Waals surface area contributed by atoms with Gasteiger partial charge in [0, 0.05) is 25.2 Å². The minimum Gasteiger partial charge on any atom is -0.492 e. The maximum absolute atomic E-state index is 12.8. The van der Waals surface area contributed by atoms with E-state index in [2.05, 4.69) is 10.2 Å². The highest BCUT2D eigenvalue weighted by molar-refractivity contribution is 6.10. The minimum atomic E-state index is -0.506. The molecule has 0 radical (unpaired) electrons. The Bertz CT molecular complexity index is 961. The molecule has 2 aromatic rings. The third-order valence-electron chi connectivity index (χ3n) is 4.74. The molecule has 7 nitrogen and oxygen atoms in total. The lowest BCUT2D eigenvalue weighted by molar-refractivity contribution is -0.112. The number of morpholine rings is 1. The Hall–Kier alpha value is -3.50. The molecule has 1 heterocycles. The van der Waals surface area contributed by atoms with Crippen LogP contribution in [-0.4, -0.2) is 45.4 Å². The maximum Gasteiger partial charge on any atom is 0.266 e. The van der Waals surface area contributed by atoms with E-state index in [0.717, 1.165) is 24.3 Å². The molecule has 3 rings (SSSR count). The van der Waals surface area contributed by atoms with Crippen molar-refractivity contribution in [2.24, 2.45) is 0 Å². The summed E-state index contributed by atoms with van der Waals surface area (Å²) in [4.78, 5) is 15.0. The van der Waals surface area contributed by atoms with Gasteiger partial charge in [0.1, 0.15) is 23.1 Å². The molecule has 162 valence electrons. The zero-order valence-corrected chi connectivity index (χ0v) is 17.9. The van der Waals surface area contributed by atoms with E-state index in [0.29, 0.717) is 43.6 Å². The van der Waals surface area contributed by atoms with Gasteiger partial charge < -0.3 is 24.4 Å². The standard InChI is InChI=1S/C24H27N3O4/c1-3-30-22-16-21(27-10-12-29-13-11-27)23(31-4-2)15-20(22)26-24(28)19(17-25)14-18-8-6-5-7-9-18/h5-9,14-16H,3-4,10-13H2,1-2H3,(H,26,28)/b19-14+. The topological polar surface area (TPSA) is 83.8 Å². The Morgan fingerprint density at radius 1 is 1.13 bits per heavy atom. The predicted molar refractivity (Wildman–Crippen MR) is 120 cm³/mol. The second-order valence-corrected chi connectivity index (χ2v) is 6.82. The molecule has 2 aromatic carbocycles. The number of amides is 1. The van der Waals surface area contributed by atoms with Crippen LogP contribution in [0.25, 0.3) is 6.08 Å². The van der Waals surface area contributed by atoms with Crippen molar-refractivity contribution in [3.05, 3.63) is 53.6 Å². The summed E-state index contributed by atoms with van der Waals surface area (Å²) in [5.41, 5.74) is 2.13. The highest BCUT2D eigenvalue weighted by Gasteiger charge is 2.21. The Labute approximate surface area is 182 Å². The number of nitrogens with zero attached hydrogens (tertiary/aromatic N) is 2. The summed E-state index contributed by atoms with van der Waals surface area (Å²) < 4.78 is 17.1. The fourth-order valence-corrected chi connectivity index (χ4v) is 3.30. The summed E-state index contributed by atoms with van der Waals surface area (Å²) in [6, 6.07) is 14.9. The molecular weight excluding hydrogens is 394 g/mol. The molecule has 0 unspecified atom stereocenters. The summed E-state index contributed by atoms with van der Waals surface area (Å²) in [7, 11) is 0. The smallest absolute Gasteiger partial charge is 0.266 e. The number of rotatable bonds is 8. The summed E-state index contributed by atoms with van der Waals surface area (Å²) >= 11 is 0. The lowest BCUT2D eigenvalue weighted by atomic mass is 10.1. The molecule has 7 heteroatoms. The van der Waals surface area contributed by atoms with Crippen molar-refractivity contribution in [3.63, 3.8) is 0 Å². The van der Waals surface area contributed by atoms with Crippen LogP contribution in [0.4, 0.5) is 11.4 Å². The third-order valence-corrected chi connectivity index (χ3v) is 4.74. The lowest BCUT2D eigenvalue weighted by Crippen LogP contribution is -2.36. The molecule has 0 atom stereocenters. The first-order valence-corrected chi connectivity index (χ1v) is 10.4. The average molecular weight is 421 g/mol. The van der Waals surface area contributed by atoms with Crippen LogP contribution in [0.2, 0.25) is 0 Å². The van der Waals surface area contributed by atoms with E-state index in [1.807, 2.05) is 56.3 Å². The first-order chi connectivity index (χ1) is 15.2. The minimum absolute atomic E-state index is 0.00358. The molecule has 0 aromatic heterocycles. The van der Waals surface area contributed by atoms with Crippen molar-refractivity contribution in [3.8, 4) is 17.6 Å². The van der Waals surface area contributed by atoms with Gasteiger partial charge in [-0.25, -0.2) is 0 Å². The number of nitrogens with one attached hydrogen (secondary N) is 1. The molecule has 1 saturated heterocycles. The van der Waals surface area contributed by atoms with Crippen molar-refractivity contribution < 1.29 is 19.0 Å². The first kappa shape index (κ1) is 22.2. The molecule has 0 aliphatic carbocycles. The van der Waals surface area contributed by atoms with Crippen LogP contribution < -0.4 is 19.7 Å². The van der Waals surface area contributed by atoms with Crippen LogP contribution in [-0.2, 0) is 9.53 Å². The van der Waals surface area contributed by atoms with Crippen LogP contribution in [0.5, 0.6) is 11.5 Å². The van der Waals surface area contributed by atoms with Crippen molar-refractivity contribution in [2.75, 3.05) is 49.7 Å². The van der Waals surface area contributed by atoms with Gasteiger partial charge in [-0.2, -0.15) is 5.26 Å². The van der Waals surface area contributed by atoms with Gasteiger partial charge in [0.25, 0.3) is 5.91 Å². The van der Waals surface area contributed by atoms with Gasteiger partial charge in [0.2, 0.25) is 0 Å². The largest absolute Gasteiger partial charge is 0.492 e. The number of carbonyl (C=O) groups excluding carboxylic acids is 1. The van der Waals surface area contributed by atoms with Crippen molar-refractivity contribution in [1.82, 2.24) is 0 Å². The van der Waals surface area contributed by atoms with Crippen LogP contribution in [0.3, 0.4) is 0 Å². The summed E-state index contributed by atoms with van der Waals surface area (Å²) in [5, 5.41) is 12.3. The summed E-state index contributed by atoms with van der Waals surface area (Å²) in [6.07, 6.45) is 1.56. The number of hydrogen-bond donors (Lipinski definition) is 1. The van der Waals surface area contributed by atoms with Crippen molar-refractivity contribution >= 4 is 23.4 Å². The van der Waals surface area contributed by atoms with Crippen LogP contribution >= 0.6 is 0 Å². The normalized spacial score (nSPS) is 14.0. The molecule has 31 heavy (non-hydrogen) atoms. The molecule has 1 fully saturated rings. The third kappa shape index (κ3) is 5.77. The van der Waals surface area contributed by atoms with E-state index in [1.165, 1.54) is 0 Å². The van der Waals surface area contributed by atoms with Gasteiger partial charge in [0.05, 0.1) is 37.8 Å². The monoisotopic (exact) mass is 421 g/mol. The molecule has 1 aliphatic rings. The van der Waals surface area contributed by atoms with E-state index in [1.54, 1.807) is 12.1 Å². The lowest BCUT2D eigenvalue weighted by Gasteiger charge is -2.31. The van der Waals surface area contributed by atoms with E-state index in [9.17, 15) is 10.1 Å². The van der Waals surface area contributed by atoms with Gasteiger partial charge in [-0.3, -0.25) is 4.79 Å². The Balaban J connectivity index is 1.93. The number of anilines is 2. The van der Waals surface area contributed by atoms with Crippen molar-refractivity contribution in [2.45, 2.75) is 13.8 Å². The fourth-order valence-electron chi connectivity index (χ4n) is 3.30. The van der Waals surface area contributed by atoms with Crippen molar-refractivity contribution in [1.29, 1.82) is 5.26 Å². The highest BCUT2D eigenvalue weighted by atomic mass is 16.5. The fraction of sp³-hybridized carbons (Fsp3) is 0.333. The summed E-state index contributed by atoms with van der Waals surface area (Å²) in [6.45, 7) is 7.49. The Morgan fingerprint density at radius 3 is 2.45 bits per heavy atom. The summed E-state index contributed by atoms with van der Waals surface area (Å²) in [5.74, 6) is 0.667. The average Bonchev–Trinajstić information content (AvgIpc) is 2.80. The second-order valence-electron chi connectivity index (χ2n) is 6.82. The Kier molecular flexibility index (Phi) is 7.91. The van der Waals surface area contributed by atoms with E-state index >= 15 is 0 Å². The zero-order chi connectivity index (χ0) is 22.1. The van der Waals surface area contributed by atoms with Crippen LogP contribution in [0.15, 0.2) is 48.0 Å². The molecule has 0 spiro atoms. The molecule has 1 aliphatic heterocycles. The van der Waals surface area contributed by atoms with Crippen LogP contribution in [0, 0.1) is 11.3 Å². The first-order valence-electron chi connectivity index (χ1n) is 10.4. The Morgan fingerprint density at radius 2 is 1.81 bits per heavy atom. The molecule has 0 bridgehead atoms. The van der Waals surface area contributed by atoms with Gasteiger partial charge in [0.15, 0.2) is 0 Å². The van der Waals surface area contributed by atoms with Gasteiger partial charge in [-0.1, -0.05) is 30.3 Å². The number of hydrogen-bond acceptors (Lipinski definition) is 6. The number of benzene rings is 2. The number of carbonyl (C=O) groups is 1. The molecule has 1 N–H and O–H groups in total. The van der Waals surface area contributed by atoms with E-state index in [4.69, 9.17) is 14.2 Å². The quantitative estimate of drug-likeness (QED) is 0.515. The van der Waals surface area contributed by atoms with Gasteiger partial charge >= 0.3 is 0 Å². The predicted octanol–water partition coefficient (Wildman–Crippen LogP) is 3.87. The van der Waals surface area contributed by atoms with Gasteiger partial charge in [-0.05, 0) is 25.5 Å². The number of ether oxygens (including phenoxy) is 3.